The number of pyridine rings is 1. The van der Waals surface area contributed by atoms with Crippen LogP contribution in [-0.2, 0) is 11.2 Å². The van der Waals surface area contributed by atoms with Crippen molar-refractivity contribution in [1.82, 2.24) is 9.97 Å². The van der Waals surface area contributed by atoms with Gasteiger partial charge < -0.3 is 4.98 Å². The van der Waals surface area contributed by atoms with E-state index in [2.05, 4.69) is 21.8 Å². The number of aryl methyl sites for hydroxylation is 1. The number of Topliss-reactive ketones (excluding diaryl/α,β-unsaturated/α-hetero) is 1. The van der Waals surface area contributed by atoms with Crippen LogP contribution in [0.25, 0.3) is 11.0 Å². The Morgan fingerprint density at radius 3 is 2.61 bits per heavy atom. The molecule has 3 aromatic rings. The Balaban J connectivity index is 1.32. The number of benzene rings is 1. The molecule has 0 saturated heterocycles. The number of rotatable bonds is 10. The molecule has 1 N–H and O–H groups in total. The molecule has 0 bridgehead atoms. The minimum Gasteiger partial charge on any atom is -0.346 e. The molecule has 3 rings (SSSR count). The number of aromatic nitrogens is 2. The number of nitrogens with zero attached hydrogens (tertiary/aromatic N) is 2. The van der Waals surface area contributed by atoms with Crippen LogP contribution in [0.5, 0.6) is 0 Å². The fourth-order valence-corrected chi connectivity index (χ4v) is 3.54. The number of nitro groups is 1. The lowest BCUT2D eigenvalue weighted by Crippen LogP contribution is -1.99. The van der Waals surface area contributed by atoms with Gasteiger partial charge in [0.25, 0.3) is 5.69 Å². The number of ketones is 1. The minimum absolute atomic E-state index is 0.00771. The summed E-state index contributed by atoms with van der Waals surface area (Å²) in [6.07, 6.45) is 9.49. The van der Waals surface area contributed by atoms with Crippen LogP contribution in [0.1, 0.15) is 49.7 Å². The van der Waals surface area contributed by atoms with E-state index in [1.807, 2.05) is 24.5 Å². The summed E-state index contributed by atoms with van der Waals surface area (Å²) < 4.78 is 0. The van der Waals surface area contributed by atoms with Gasteiger partial charge in [0.1, 0.15) is 5.65 Å². The summed E-state index contributed by atoms with van der Waals surface area (Å²) in [5.74, 6) is 5.25. The molecule has 0 unspecified atom stereocenters. The zero-order valence-electron chi connectivity index (χ0n) is 17.1. The van der Waals surface area contributed by atoms with Crippen LogP contribution in [0.4, 0.5) is 5.69 Å². The van der Waals surface area contributed by atoms with E-state index >= 15 is 0 Å². The van der Waals surface area contributed by atoms with Gasteiger partial charge in [-0.1, -0.05) is 24.6 Å². The van der Waals surface area contributed by atoms with Crippen molar-refractivity contribution < 1.29 is 9.72 Å². The van der Waals surface area contributed by atoms with Crippen molar-refractivity contribution in [2.24, 2.45) is 0 Å². The van der Waals surface area contributed by atoms with Gasteiger partial charge in [0.15, 0.2) is 0 Å². The molecule has 6 nitrogen and oxygen atoms in total. The summed E-state index contributed by atoms with van der Waals surface area (Å²) in [6, 6.07) is 9.95. The van der Waals surface area contributed by atoms with Crippen LogP contribution in [0.2, 0.25) is 0 Å². The normalized spacial score (nSPS) is 10.5. The SMILES string of the molecule is O=C(C#Cc1ccc([N+](=O)[O-])cc1)CCCCCC(=S)CCc1ccnc2[nH]ccc12. The van der Waals surface area contributed by atoms with E-state index in [0.717, 1.165) is 54.4 Å². The summed E-state index contributed by atoms with van der Waals surface area (Å²) >= 11 is 5.52. The lowest BCUT2D eigenvalue weighted by Gasteiger charge is -2.05. The maximum absolute atomic E-state index is 11.9. The number of carbonyl (C=O) groups excluding carboxylic acids is 1. The second kappa shape index (κ2) is 11.1. The Morgan fingerprint density at radius 2 is 1.84 bits per heavy atom. The van der Waals surface area contributed by atoms with Gasteiger partial charge in [0, 0.05) is 41.9 Å². The number of aromatic amines is 1. The Bertz CT molecular complexity index is 1140. The van der Waals surface area contributed by atoms with Crippen LogP contribution in [-0.4, -0.2) is 25.5 Å². The van der Waals surface area contributed by atoms with Gasteiger partial charge in [-0.15, -0.1) is 0 Å². The molecule has 0 saturated carbocycles. The lowest BCUT2D eigenvalue weighted by atomic mass is 10.0. The highest BCUT2D eigenvalue weighted by Crippen LogP contribution is 2.18. The lowest BCUT2D eigenvalue weighted by molar-refractivity contribution is -0.384. The van der Waals surface area contributed by atoms with E-state index in [9.17, 15) is 14.9 Å². The van der Waals surface area contributed by atoms with Crippen molar-refractivity contribution in [1.29, 1.82) is 0 Å². The third kappa shape index (κ3) is 6.83. The summed E-state index contributed by atoms with van der Waals surface area (Å²) in [4.78, 5) is 30.6. The highest BCUT2D eigenvalue weighted by Gasteiger charge is 2.06. The summed E-state index contributed by atoms with van der Waals surface area (Å²) in [7, 11) is 0. The third-order valence-electron chi connectivity index (χ3n) is 5.01. The number of thiocarbonyl (C=S) groups is 1. The van der Waals surface area contributed by atoms with Gasteiger partial charge >= 0.3 is 0 Å². The van der Waals surface area contributed by atoms with Crippen molar-refractivity contribution in [2.75, 3.05) is 0 Å². The number of fused-ring (bicyclic) bond motifs is 1. The first-order valence-corrected chi connectivity index (χ1v) is 10.7. The van der Waals surface area contributed by atoms with E-state index in [-0.39, 0.29) is 11.5 Å². The van der Waals surface area contributed by atoms with E-state index in [0.29, 0.717) is 12.0 Å². The maximum Gasteiger partial charge on any atom is 0.269 e. The van der Waals surface area contributed by atoms with Gasteiger partial charge in [-0.05, 0) is 72.7 Å². The number of nitro benzene ring substituents is 1. The molecule has 0 fully saturated rings. The van der Waals surface area contributed by atoms with E-state index < -0.39 is 4.92 Å². The molecule has 0 aliphatic heterocycles. The molecule has 2 aromatic heterocycles. The van der Waals surface area contributed by atoms with Crippen molar-refractivity contribution in [3.63, 3.8) is 0 Å². The molecule has 158 valence electrons. The number of carbonyl (C=O) groups is 1. The van der Waals surface area contributed by atoms with Gasteiger partial charge in [-0.25, -0.2) is 4.98 Å². The molecule has 0 aliphatic rings. The Kier molecular flexibility index (Phi) is 8.02. The standard InChI is InChI=1S/C24H23N3O3S/c28-21(12-8-18-6-10-20(11-7-18)27(29)30)4-2-1-3-5-22(31)13-9-19-14-16-25-24-23(19)15-17-26-24/h6-7,10-11,14-17H,1-5,9,13H2,(H,25,26). The first-order chi connectivity index (χ1) is 15.0. The predicted molar refractivity (Wildman–Crippen MR) is 125 cm³/mol. The van der Waals surface area contributed by atoms with Crippen LogP contribution < -0.4 is 0 Å². The van der Waals surface area contributed by atoms with E-state index in [1.165, 1.54) is 17.7 Å². The van der Waals surface area contributed by atoms with Crippen molar-refractivity contribution in [2.45, 2.75) is 44.9 Å². The molecule has 2 heterocycles. The van der Waals surface area contributed by atoms with Gasteiger partial charge in [-0.2, -0.15) is 0 Å². The Morgan fingerprint density at radius 1 is 1.06 bits per heavy atom. The number of nitrogens with one attached hydrogen (secondary N) is 1. The number of hydrogen-bond donors (Lipinski definition) is 1. The highest BCUT2D eigenvalue weighted by atomic mass is 32.1. The molecule has 7 heteroatoms. The molecule has 1 aromatic carbocycles. The molecule has 31 heavy (non-hydrogen) atoms. The fourth-order valence-electron chi connectivity index (χ4n) is 3.29. The van der Waals surface area contributed by atoms with E-state index in [1.54, 1.807) is 12.1 Å². The zero-order chi connectivity index (χ0) is 22.1. The Labute approximate surface area is 186 Å². The third-order valence-corrected chi connectivity index (χ3v) is 5.42. The Hall–Kier alpha value is -3.37. The molecular formula is C24H23N3O3S. The fraction of sp³-hybridized carbons (Fsp3) is 0.292. The summed E-state index contributed by atoms with van der Waals surface area (Å²) in [5.41, 5.74) is 2.76. The molecule has 0 atom stereocenters. The average Bonchev–Trinajstić information content (AvgIpc) is 3.26. The van der Waals surface area contributed by atoms with Gasteiger partial charge in [-0.3, -0.25) is 14.9 Å². The van der Waals surface area contributed by atoms with E-state index in [4.69, 9.17) is 12.2 Å². The number of hydrogen-bond acceptors (Lipinski definition) is 5. The smallest absolute Gasteiger partial charge is 0.269 e. The molecule has 0 spiro atoms. The van der Waals surface area contributed by atoms with Crippen LogP contribution in [0.15, 0.2) is 48.8 Å². The van der Waals surface area contributed by atoms with Crippen molar-refractivity contribution >= 4 is 39.6 Å². The van der Waals surface area contributed by atoms with Gasteiger partial charge in [0.05, 0.1) is 4.92 Å². The first kappa shape index (κ1) is 22.3. The van der Waals surface area contributed by atoms with Crippen LogP contribution in [0, 0.1) is 22.0 Å². The average molecular weight is 434 g/mol. The second-order valence-electron chi connectivity index (χ2n) is 7.29. The summed E-state index contributed by atoms with van der Waals surface area (Å²) in [5, 5.41) is 11.8. The monoisotopic (exact) mass is 433 g/mol. The highest BCUT2D eigenvalue weighted by molar-refractivity contribution is 7.80. The minimum atomic E-state index is -0.464. The van der Waals surface area contributed by atoms with Crippen molar-refractivity contribution in [3.8, 4) is 11.8 Å². The molecular weight excluding hydrogens is 410 g/mol. The summed E-state index contributed by atoms with van der Waals surface area (Å²) in [6.45, 7) is 0. The van der Waals surface area contributed by atoms with Gasteiger partial charge in [0.2, 0.25) is 5.78 Å². The zero-order valence-corrected chi connectivity index (χ0v) is 17.9. The molecule has 0 radical (unpaired) electrons. The second-order valence-corrected chi connectivity index (χ2v) is 7.86. The number of unbranched alkanes of at least 4 members (excludes halogenated alkanes) is 2. The molecule has 0 aliphatic carbocycles. The topological polar surface area (TPSA) is 88.9 Å². The predicted octanol–water partition coefficient (Wildman–Crippen LogP) is 5.34. The van der Waals surface area contributed by atoms with Crippen LogP contribution >= 0.6 is 12.2 Å². The maximum atomic E-state index is 11.9. The number of H-pyrrole nitrogens is 1. The largest absolute Gasteiger partial charge is 0.346 e. The molecule has 0 amide bonds. The first-order valence-electron chi connectivity index (χ1n) is 10.2. The van der Waals surface area contributed by atoms with Crippen LogP contribution in [0.3, 0.4) is 0 Å². The number of non-ortho nitro benzene ring substituents is 1. The quantitative estimate of drug-likeness (QED) is 0.153. The van der Waals surface area contributed by atoms with Crippen molar-refractivity contribution in [3.05, 3.63) is 70.0 Å².